The van der Waals surface area contributed by atoms with Crippen LogP contribution in [0.15, 0.2) is 0 Å². The molecule has 1 saturated carbocycles. The zero-order chi connectivity index (χ0) is 8.93. The summed E-state index contributed by atoms with van der Waals surface area (Å²) < 4.78 is 5.51. The summed E-state index contributed by atoms with van der Waals surface area (Å²) in [6, 6.07) is 0.659. The van der Waals surface area contributed by atoms with E-state index in [4.69, 9.17) is 4.74 Å². The Kier molecular flexibility index (Phi) is 3.62. The molecule has 1 heterocycles. The molecular weight excluding hydrogens is 162 g/mol. The monoisotopic (exact) mass is 183 g/mol. The first-order valence-electron chi connectivity index (χ1n) is 5.78. The second-order valence-corrected chi connectivity index (χ2v) is 4.39. The summed E-state index contributed by atoms with van der Waals surface area (Å²) in [6.07, 6.45) is 8.60. The van der Waals surface area contributed by atoms with Crippen LogP contribution in [0, 0.1) is 5.92 Å². The number of nitrogens with one attached hydrogen (secondary N) is 1. The van der Waals surface area contributed by atoms with E-state index in [1.54, 1.807) is 0 Å². The van der Waals surface area contributed by atoms with E-state index >= 15 is 0 Å². The highest BCUT2D eigenvalue weighted by Gasteiger charge is 2.24. The molecule has 13 heavy (non-hydrogen) atoms. The Morgan fingerprint density at radius 3 is 2.38 bits per heavy atom. The van der Waals surface area contributed by atoms with Gasteiger partial charge in [0.25, 0.3) is 0 Å². The second kappa shape index (κ2) is 4.97. The number of hydrogen-bond acceptors (Lipinski definition) is 2. The standard InChI is InChI=1S/C11H21NO/c1-2-4-6-10(5-3-1)11-9-13-8-7-12-11/h10-12H,1-9H2. The molecule has 2 rings (SSSR count). The van der Waals surface area contributed by atoms with Crippen molar-refractivity contribution in [3.8, 4) is 0 Å². The molecule has 2 fully saturated rings. The largest absolute Gasteiger partial charge is 0.379 e. The highest BCUT2D eigenvalue weighted by Crippen LogP contribution is 2.26. The number of morpholine rings is 1. The molecule has 0 bridgehead atoms. The quantitative estimate of drug-likeness (QED) is 0.627. The first kappa shape index (κ1) is 9.47. The smallest absolute Gasteiger partial charge is 0.0622 e. The molecule has 0 aromatic rings. The molecule has 1 atom stereocenters. The summed E-state index contributed by atoms with van der Waals surface area (Å²) in [4.78, 5) is 0. The zero-order valence-electron chi connectivity index (χ0n) is 8.43. The minimum Gasteiger partial charge on any atom is -0.379 e. The van der Waals surface area contributed by atoms with Crippen molar-refractivity contribution in [1.29, 1.82) is 0 Å². The van der Waals surface area contributed by atoms with Crippen molar-refractivity contribution >= 4 is 0 Å². The Balaban J connectivity index is 1.82. The van der Waals surface area contributed by atoms with Crippen LogP contribution in [0.3, 0.4) is 0 Å². The summed E-state index contributed by atoms with van der Waals surface area (Å²) in [5.41, 5.74) is 0. The van der Waals surface area contributed by atoms with Crippen LogP contribution in [0.2, 0.25) is 0 Å². The van der Waals surface area contributed by atoms with E-state index in [-0.39, 0.29) is 0 Å². The van der Waals surface area contributed by atoms with Crippen molar-refractivity contribution in [2.24, 2.45) is 5.92 Å². The lowest BCUT2D eigenvalue weighted by molar-refractivity contribution is 0.0535. The lowest BCUT2D eigenvalue weighted by atomic mass is 9.92. The number of rotatable bonds is 1. The van der Waals surface area contributed by atoms with Gasteiger partial charge in [-0.1, -0.05) is 25.7 Å². The predicted octanol–water partition coefficient (Wildman–Crippen LogP) is 1.95. The van der Waals surface area contributed by atoms with E-state index in [0.717, 1.165) is 25.7 Å². The summed E-state index contributed by atoms with van der Waals surface area (Å²) in [5, 5.41) is 3.59. The summed E-state index contributed by atoms with van der Waals surface area (Å²) in [5.74, 6) is 0.891. The highest BCUT2D eigenvalue weighted by molar-refractivity contribution is 4.80. The zero-order valence-corrected chi connectivity index (χ0v) is 8.43. The Labute approximate surface area is 81.0 Å². The van der Waals surface area contributed by atoms with E-state index in [2.05, 4.69) is 5.32 Å². The maximum absolute atomic E-state index is 5.51. The van der Waals surface area contributed by atoms with Gasteiger partial charge in [-0.15, -0.1) is 0 Å². The van der Waals surface area contributed by atoms with Crippen LogP contribution in [0.5, 0.6) is 0 Å². The maximum Gasteiger partial charge on any atom is 0.0622 e. The lowest BCUT2D eigenvalue weighted by Gasteiger charge is -2.30. The molecule has 0 amide bonds. The molecule has 1 N–H and O–H groups in total. The van der Waals surface area contributed by atoms with Gasteiger partial charge >= 0.3 is 0 Å². The highest BCUT2D eigenvalue weighted by atomic mass is 16.5. The summed E-state index contributed by atoms with van der Waals surface area (Å²) in [7, 11) is 0. The molecular formula is C11H21NO. The molecule has 76 valence electrons. The van der Waals surface area contributed by atoms with Crippen molar-refractivity contribution in [3.05, 3.63) is 0 Å². The van der Waals surface area contributed by atoms with Crippen LogP contribution >= 0.6 is 0 Å². The molecule has 0 aromatic heterocycles. The summed E-state index contributed by atoms with van der Waals surface area (Å²) >= 11 is 0. The van der Waals surface area contributed by atoms with Gasteiger partial charge in [0.05, 0.1) is 13.2 Å². The first-order chi connectivity index (χ1) is 6.47. The number of hydrogen-bond donors (Lipinski definition) is 1. The van der Waals surface area contributed by atoms with Crippen molar-refractivity contribution in [3.63, 3.8) is 0 Å². The van der Waals surface area contributed by atoms with E-state index < -0.39 is 0 Å². The van der Waals surface area contributed by atoms with Crippen LogP contribution in [-0.2, 0) is 4.74 Å². The fourth-order valence-corrected chi connectivity index (χ4v) is 2.60. The van der Waals surface area contributed by atoms with Crippen molar-refractivity contribution in [1.82, 2.24) is 5.32 Å². The molecule has 2 aliphatic rings. The van der Waals surface area contributed by atoms with Crippen LogP contribution in [-0.4, -0.2) is 25.8 Å². The minimum atomic E-state index is 0.659. The third kappa shape index (κ3) is 2.68. The van der Waals surface area contributed by atoms with E-state index in [1.165, 1.54) is 38.5 Å². The van der Waals surface area contributed by atoms with Crippen LogP contribution in [0.4, 0.5) is 0 Å². The van der Waals surface area contributed by atoms with Crippen molar-refractivity contribution in [2.75, 3.05) is 19.8 Å². The second-order valence-electron chi connectivity index (χ2n) is 4.39. The fraction of sp³-hybridized carbons (Fsp3) is 1.00. The molecule has 0 radical (unpaired) electrons. The van der Waals surface area contributed by atoms with E-state index in [9.17, 15) is 0 Å². The van der Waals surface area contributed by atoms with Gasteiger partial charge < -0.3 is 10.1 Å². The SMILES string of the molecule is C1CCCC(C2COCCN2)CC1. The molecule has 0 aromatic carbocycles. The Morgan fingerprint density at radius 2 is 1.77 bits per heavy atom. The molecule has 2 nitrogen and oxygen atoms in total. The van der Waals surface area contributed by atoms with Gasteiger partial charge in [0.15, 0.2) is 0 Å². The molecule has 1 aliphatic heterocycles. The fourth-order valence-electron chi connectivity index (χ4n) is 2.60. The van der Waals surface area contributed by atoms with Gasteiger partial charge in [-0.3, -0.25) is 0 Å². The topological polar surface area (TPSA) is 21.3 Å². The molecule has 0 spiro atoms. The number of ether oxygens (including phenoxy) is 1. The maximum atomic E-state index is 5.51. The molecule has 1 saturated heterocycles. The van der Waals surface area contributed by atoms with Crippen LogP contribution in [0.1, 0.15) is 38.5 Å². The van der Waals surface area contributed by atoms with Gasteiger partial charge in [0, 0.05) is 12.6 Å². The average molecular weight is 183 g/mol. The van der Waals surface area contributed by atoms with Crippen molar-refractivity contribution in [2.45, 2.75) is 44.6 Å². The molecule has 1 aliphatic carbocycles. The Bertz CT molecular complexity index is 135. The van der Waals surface area contributed by atoms with Crippen molar-refractivity contribution < 1.29 is 4.74 Å². The average Bonchev–Trinajstić information content (AvgIpc) is 2.47. The Morgan fingerprint density at radius 1 is 1.00 bits per heavy atom. The van der Waals surface area contributed by atoms with Gasteiger partial charge in [-0.25, -0.2) is 0 Å². The first-order valence-corrected chi connectivity index (χ1v) is 5.78. The third-order valence-corrected chi connectivity index (χ3v) is 3.42. The van der Waals surface area contributed by atoms with Gasteiger partial charge in [-0.05, 0) is 18.8 Å². The third-order valence-electron chi connectivity index (χ3n) is 3.42. The minimum absolute atomic E-state index is 0.659. The van der Waals surface area contributed by atoms with E-state index in [0.29, 0.717) is 6.04 Å². The van der Waals surface area contributed by atoms with Gasteiger partial charge in [0.1, 0.15) is 0 Å². The summed E-state index contributed by atoms with van der Waals surface area (Å²) in [6.45, 7) is 2.91. The normalized spacial score (nSPS) is 32.8. The van der Waals surface area contributed by atoms with Gasteiger partial charge in [-0.2, -0.15) is 0 Å². The van der Waals surface area contributed by atoms with Crippen LogP contribution < -0.4 is 5.32 Å². The predicted molar refractivity (Wildman–Crippen MR) is 53.8 cm³/mol. The molecule has 1 unspecified atom stereocenters. The molecule has 2 heteroatoms. The Hall–Kier alpha value is -0.0800. The van der Waals surface area contributed by atoms with Gasteiger partial charge in [0.2, 0.25) is 0 Å². The van der Waals surface area contributed by atoms with Crippen LogP contribution in [0.25, 0.3) is 0 Å². The van der Waals surface area contributed by atoms with E-state index in [1.807, 2.05) is 0 Å². The lowest BCUT2D eigenvalue weighted by Crippen LogP contribution is -2.45.